The maximum atomic E-state index is 12.2. The van der Waals surface area contributed by atoms with Crippen molar-refractivity contribution < 1.29 is 19.5 Å². The van der Waals surface area contributed by atoms with Crippen LogP contribution < -0.4 is 0 Å². The monoisotopic (exact) mass is 366 g/mol. The Morgan fingerprint density at radius 1 is 0.577 bits per heavy atom. The third-order valence-corrected chi connectivity index (χ3v) is 4.95. The van der Waals surface area contributed by atoms with E-state index in [0.29, 0.717) is 24.0 Å². The van der Waals surface area contributed by atoms with Crippen LogP contribution in [0.5, 0.6) is 0 Å². The average Bonchev–Trinajstić information content (AvgIpc) is 2.61. The summed E-state index contributed by atoms with van der Waals surface area (Å²) in [7, 11) is 0. The molecule has 0 radical (unpaired) electrons. The minimum absolute atomic E-state index is 0.111. The third-order valence-electron chi connectivity index (χ3n) is 4.95. The number of carboxylic acids is 1. The lowest BCUT2D eigenvalue weighted by Gasteiger charge is -2.07. The van der Waals surface area contributed by atoms with Crippen molar-refractivity contribution in [1.29, 1.82) is 0 Å². The summed E-state index contributed by atoms with van der Waals surface area (Å²) in [5.41, 5.74) is 1.29. The molecular formula is C22H38O4. The van der Waals surface area contributed by atoms with E-state index in [0.717, 1.165) is 70.6 Å². The molecule has 1 N–H and O–H groups in total. The Hall–Kier alpha value is -1.45. The van der Waals surface area contributed by atoms with Crippen molar-refractivity contribution in [3.63, 3.8) is 0 Å². The van der Waals surface area contributed by atoms with Crippen LogP contribution in [0.4, 0.5) is 0 Å². The van der Waals surface area contributed by atoms with Crippen molar-refractivity contribution in [1.82, 2.24) is 0 Å². The summed E-state index contributed by atoms with van der Waals surface area (Å²) in [6, 6.07) is 0. The van der Waals surface area contributed by atoms with Crippen LogP contribution in [0.2, 0.25) is 0 Å². The zero-order valence-electron chi connectivity index (χ0n) is 17.1. The molecule has 0 fully saturated rings. The Morgan fingerprint density at radius 3 is 1.31 bits per heavy atom. The number of ketones is 2. The van der Waals surface area contributed by atoms with E-state index in [4.69, 9.17) is 5.11 Å². The van der Waals surface area contributed by atoms with Crippen LogP contribution in [0, 0.1) is 0 Å². The maximum absolute atomic E-state index is 12.2. The van der Waals surface area contributed by atoms with Gasteiger partial charge in [-0.1, -0.05) is 58.3 Å². The van der Waals surface area contributed by atoms with Gasteiger partial charge >= 0.3 is 5.97 Å². The van der Waals surface area contributed by atoms with Crippen LogP contribution >= 0.6 is 0 Å². The number of hydrogen-bond donors (Lipinski definition) is 1. The van der Waals surface area contributed by atoms with Crippen molar-refractivity contribution in [2.75, 3.05) is 0 Å². The van der Waals surface area contributed by atoms with Gasteiger partial charge in [0.1, 0.15) is 0 Å². The summed E-state index contributed by atoms with van der Waals surface area (Å²) in [4.78, 5) is 34.7. The van der Waals surface area contributed by atoms with E-state index in [-0.39, 0.29) is 18.0 Å². The van der Waals surface area contributed by atoms with E-state index in [9.17, 15) is 14.4 Å². The summed E-state index contributed by atoms with van der Waals surface area (Å²) in [6.45, 7) is 5.68. The number of aliphatic carboxylic acids is 1. The van der Waals surface area contributed by atoms with Gasteiger partial charge in [-0.2, -0.15) is 0 Å². The Bertz CT molecular complexity index is 463. The van der Waals surface area contributed by atoms with Crippen LogP contribution in [0.15, 0.2) is 11.1 Å². The molecular weight excluding hydrogens is 328 g/mol. The molecule has 150 valence electrons. The Balaban J connectivity index is 3.81. The van der Waals surface area contributed by atoms with Gasteiger partial charge in [0, 0.05) is 19.3 Å². The van der Waals surface area contributed by atoms with Crippen LogP contribution in [0.3, 0.4) is 0 Å². The van der Waals surface area contributed by atoms with Crippen LogP contribution in [0.25, 0.3) is 0 Å². The molecule has 0 saturated carbocycles. The second kappa shape index (κ2) is 15.8. The van der Waals surface area contributed by atoms with Gasteiger partial charge in [0.05, 0.1) is 0 Å². The van der Waals surface area contributed by atoms with Crippen molar-refractivity contribution in [2.45, 2.75) is 111 Å². The first-order valence-electron chi connectivity index (χ1n) is 10.4. The highest BCUT2D eigenvalue weighted by atomic mass is 16.4. The smallest absolute Gasteiger partial charge is 0.303 e. The lowest BCUT2D eigenvalue weighted by molar-refractivity contribution is -0.137. The van der Waals surface area contributed by atoms with Crippen molar-refractivity contribution >= 4 is 17.5 Å². The number of rotatable bonds is 17. The molecule has 4 nitrogen and oxygen atoms in total. The third kappa shape index (κ3) is 12.8. The van der Waals surface area contributed by atoms with Crippen LogP contribution in [-0.4, -0.2) is 22.6 Å². The highest BCUT2D eigenvalue weighted by Gasteiger charge is 2.13. The summed E-state index contributed by atoms with van der Waals surface area (Å²) < 4.78 is 0. The van der Waals surface area contributed by atoms with Gasteiger partial charge in [0.25, 0.3) is 0 Å². The van der Waals surface area contributed by atoms with E-state index in [2.05, 4.69) is 6.92 Å². The molecule has 0 atom stereocenters. The number of hydrogen-bond acceptors (Lipinski definition) is 3. The fourth-order valence-corrected chi connectivity index (χ4v) is 2.95. The van der Waals surface area contributed by atoms with Gasteiger partial charge in [-0.25, -0.2) is 0 Å². The second-order valence-electron chi connectivity index (χ2n) is 7.28. The standard InChI is InChI=1S/C22H38O4/c1-4-5-12-15-20(23)18(2)19(3)21(24)16-13-10-8-6-7-9-11-14-17-22(25)26/h4-17H2,1-3H3,(H,25,26). The van der Waals surface area contributed by atoms with E-state index in [1.165, 1.54) is 0 Å². The molecule has 0 aliphatic heterocycles. The first kappa shape index (κ1) is 24.6. The van der Waals surface area contributed by atoms with E-state index in [1.807, 2.05) is 0 Å². The normalized spacial score (nSPS) is 12.0. The number of Topliss-reactive ketones (excluding diaryl/α,β-unsaturated/α-hetero) is 2. The molecule has 0 rings (SSSR count). The molecule has 0 unspecified atom stereocenters. The number of carboxylic acid groups (broad SMARTS) is 1. The highest BCUT2D eigenvalue weighted by molar-refractivity contribution is 6.05. The van der Waals surface area contributed by atoms with Gasteiger partial charge in [0.15, 0.2) is 11.6 Å². The molecule has 0 heterocycles. The van der Waals surface area contributed by atoms with Crippen molar-refractivity contribution in [3.05, 3.63) is 11.1 Å². The fraction of sp³-hybridized carbons (Fsp3) is 0.773. The first-order chi connectivity index (χ1) is 12.4. The minimum Gasteiger partial charge on any atom is -0.481 e. The molecule has 0 aromatic carbocycles. The van der Waals surface area contributed by atoms with Gasteiger partial charge < -0.3 is 5.11 Å². The number of unbranched alkanes of at least 4 members (excludes halogenated alkanes) is 9. The Morgan fingerprint density at radius 2 is 0.923 bits per heavy atom. The summed E-state index contributed by atoms with van der Waals surface area (Å²) in [6.07, 6.45) is 12.6. The molecule has 26 heavy (non-hydrogen) atoms. The summed E-state index contributed by atoms with van der Waals surface area (Å²) in [5.74, 6) is -0.482. The maximum Gasteiger partial charge on any atom is 0.303 e. The molecule has 0 spiro atoms. The lowest BCUT2D eigenvalue weighted by Crippen LogP contribution is -2.08. The van der Waals surface area contributed by atoms with Crippen molar-refractivity contribution in [2.24, 2.45) is 0 Å². The predicted octanol–water partition coefficient (Wildman–Crippen LogP) is 6.03. The second-order valence-corrected chi connectivity index (χ2v) is 7.28. The van der Waals surface area contributed by atoms with Crippen molar-refractivity contribution in [3.8, 4) is 0 Å². The zero-order valence-corrected chi connectivity index (χ0v) is 17.1. The first-order valence-corrected chi connectivity index (χ1v) is 10.4. The van der Waals surface area contributed by atoms with Gasteiger partial charge in [0.2, 0.25) is 0 Å². The lowest BCUT2D eigenvalue weighted by atomic mass is 9.97. The molecule has 0 aromatic heterocycles. The SMILES string of the molecule is CCCCCC(=O)C(C)=C(C)C(=O)CCCCCCCCCCC(=O)O. The van der Waals surface area contributed by atoms with E-state index < -0.39 is 5.97 Å². The molecule has 0 saturated heterocycles. The average molecular weight is 367 g/mol. The molecule has 0 aromatic rings. The van der Waals surface area contributed by atoms with Crippen LogP contribution in [0.1, 0.15) is 111 Å². The quantitative estimate of drug-likeness (QED) is 0.252. The largest absolute Gasteiger partial charge is 0.481 e. The Labute approximate surface area is 159 Å². The minimum atomic E-state index is -0.711. The van der Waals surface area contributed by atoms with Crippen LogP contribution in [-0.2, 0) is 14.4 Å². The van der Waals surface area contributed by atoms with E-state index in [1.54, 1.807) is 13.8 Å². The molecule has 0 aliphatic rings. The van der Waals surface area contributed by atoms with E-state index >= 15 is 0 Å². The number of carbonyl (C=O) groups is 3. The molecule has 4 heteroatoms. The topological polar surface area (TPSA) is 71.4 Å². The molecule has 0 aliphatic carbocycles. The molecule has 0 bridgehead atoms. The predicted molar refractivity (Wildman–Crippen MR) is 106 cm³/mol. The van der Waals surface area contributed by atoms with Gasteiger partial charge in [-0.15, -0.1) is 0 Å². The Kier molecular flexibility index (Phi) is 14.9. The zero-order chi connectivity index (χ0) is 19.8. The highest BCUT2D eigenvalue weighted by Crippen LogP contribution is 2.15. The number of carbonyl (C=O) groups excluding carboxylic acids is 2. The summed E-state index contributed by atoms with van der Waals surface area (Å²) in [5, 5.41) is 8.56. The fourth-order valence-electron chi connectivity index (χ4n) is 2.95. The summed E-state index contributed by atoms with van der Waals surface area (Å²) >= 11 is 0. The van der Waals surface area contributed by atoms with Gasteiger partial charge in [-0.3, -0.25) is 14.4 Å². The van der Waals surface area contributed by atoms with Gasteiger partial charge in [-0.05, 0) is 44.3 Å². The molecule has 0 amide bonds. The number of allylic oxidation sites excluding steroid dienone is 2.